The largest absolute Gasteiger partial charge is 0.387 e. The van der Waals surface area contributed by atoms with Gasteiger partial charge in [-0.05, 0) is 12.3 Å². The molecule has 0 bridgehead atoms. The third kappa shape index (κ3) is 2.01. The Morgan fingerprint density at radius 2 is 2.50 bits per heavy atom. The summed E-state index contributed by atoms with van der Waals surface area (Å²) >= 11 is 0. The van der Waals surface area contributed by atoms with Gasteiger partial charge in [0, 0.05) is 13.0 Å². The van der Waals surface area contributed by atoms with Crippen LogP contribution in [0.1, 0.15) is 32.6 Å². The van der Waals surface area contributed by atoms with Crippen molar-refractivity contribution in [1.29, 1.82) is 0 Å². The third-order valence-corrected chi connectivity index (χ3v) is 2.02. The van der Waals surface area contributed by atoms with E-state index in [2.05, 4.69) is 11.9 Å². The predicted octanol–water partition coefficient (Wildman–Crippen LogP) is 1.55. The fraction of sp³-hybridized carbons (Fsp3) is 0.875. The van der Waals surface area contributed by atoms with E-state index in [1.807, 2.05) is 0 Å². The molecule has 0 amide bonds. The molecule has 1 heterocycles. The number of unbranched alkanes of at least 4 members (excludes halogenated alkanes) is 1. The van der Waals surface area contributed by atoms with Crippen LogP contribution in [-0.2, 0) is 0 Å². The Balaban J connectivity index is 2.11. The summed E-state index contributed by atoms with van der Waals surface area (Å²) in [6.07, 6.45) is 4.96. The minimum absolute atomic E-state index is 0.764. The standard InChI is InChI=1S/C8H16N2/c1-2-3-4-7-5-8(9)10-6-7/h7H,2-6H2,1H3,(H2,9,10). The van der Waals surface area contributed by atoms with Gasteiger partial charge in [0.2, 0.25) is 0 Å². The molecule has 1 atom stereocenters. The summed E-state index contributed by atoms with van der Waals surface area (Å²) in [7, 11) is 0. The fourth-order valence-corrected chi connectivity index (χ4v) is 1.36. The number of amidine groups is 1. The molecular formula is C8H16N2. The second-order valence-corrected chi connectivity index (χ2v) is 3.04. The molecule has 0 aromatic rings. The van der Waals surface area contributed by atoms with Gasteiger partial charge in [-0.1, -0.05) is 19.8 Å². The third-order valence-electron chi connectivity index (χ3n) is 2.02. The maximum absolute atomic E-state index is 5.55. The normalized spacial score (nSPS) is 24.9. The molecule has 0 spiro atoms. The zero-order valence-electron chi connectivity index (χ0n) is 6.64. The number of hydrogen-bond donors (Lipinski definition) is 1. The lowest BCUT2D eigenvalue weighted by atomic mass is 10.0. The van der Waals surface area contributed by atoms with E-state index in [4.69, 9.17) is 5.73 Å². The van der Waals surface area contributed by atoms with Crippen molar-refractivity contribution in [2.45, 2.75) is 32.6 Å². The molecule has 0 aromatic heterocycles. The Labute approximate surface area is 62.5 Å². The minimum atomic E-state index is 0.764. The van der Waals surface area contributed by atoms with Crippen LogP contribution in [0, 0.1) is 5.92 Å². The maximum atomic E-state index is 5.55. The van der Waals surface area contributed by atoms with Gasteiger partial charge in [-0.2, -0.15) is 0 Å². The van der Waals surface area contributed by atoms with Crippen molar-refractivity contribution in [3.63, 3.8) is 0 Å². The topological polar surface area (TPSA) is 38.4 Å². The molecule has 0 fully saturated rings. The van der Waals surface area contributed by atoms with E-state index in [1.54, 1.807) is 0 Å². The lowest BCUT2D eigenvalue weighted by Gasteiger charge is -2.04. The van der Waals surface area contributed by atoms with Gasteiger partial charge in [0.25, 0.3) is 0 Å². The molecule has 2 heteroatoms. The van der Waals surface area contributed by atoms with Crippen molar-refractivity contribution in [2.75, 3.05) is 6.54 Å². The van der Waals surface area contributed by atoms with Crippen LogP contribution in [0.15, 0.2) is 4.99 Å². The van der Waals surface area contributed by atoms with Gasteiger partial charge in [-0.25, -0.2) is 0 Å². The van der Waals surface area contributed by atoms with Gasteiger partial charge in [0.15, 0.2) is 0 Å². The van der Waals surface area contributed by atoms with Crippen LogP contribution in [0.2, 0.25) is 0 Å². The molecule has 1 rings (SSSR count). The van der Waals surface area contributed by atoms with Crippen LogP contribution in [0.25, 0.3) is 0 Å². The van der Waals surface area contributed by atoms with E-state index in [-0.39, 0.29) is 0 Å². The highest BCUT2D eigenvalue weighted by atomic mass is 14.9. The monoisotopic (exact) mass is 140 g/mol. The summed E-state index contributed by atoms with van der Waals surface area (Å²) in [4.78, 5) is 4.16. The van der Waals surface area contributed by atoms with E-state index >= 15 is 0 Å². The number of nitrogens with two attached hydrogens (primary N) is 1. The van der Waals surface area contributed by atoms with Crippen LogP contribution >= 0.6 is 0 Å². The molecule has 0 aliphatic carbocycles. The molecule has 0 saturated heterocycles. The van der Waals surface area contributed by atoms with Gasteiger partial charge < -0.3 is 5.73 Å². The Hall–Kier alpha value is -0.530. The van der Waals surface area contributed by atoms with E-state index in [9.17, 15) is 0 Å². The summed E-state index contributed by atoms with van der Waals surface area (Å²) in [6.45, 7) is 3.20. The van der Waals surface area contributed by atoms with Crippen molar-refractivity contribution in [3.05, 3.63) is 0 Å². The average Bonchev–Trinajstić information content (AvgIpc) is 2.31. The van der Waals surface area contributed by atoms with Crippen molar-refractivity contribution in [3.8, 4) is 0 Å². The first-order valence-corrected chi connectivity index (χ1v) is 4.11. The van der Waals surface area contributed by atoms with Crippen molar-refractivity contribution in [1.82, 2.24) is 0 Å². The molecule has 10 heavy (non-hydrogen) atoms. The molecule has 0 saturated carbocycles. The molecule has 1 aliphatic heterocycles. The zero-order chi connectivity index (χ0) is 7.40. The van der Waals surface area contributed by atoms with Crippen molar-refractivity contribution < 1.29 is 0 Å². The molecular weight excluding hydrogens is 124 g/mol. The fourth-order valence-electron chi connectivity index (χ4n) is 1.36. The summed E-state index contributed by atoms with van der Waals surface area (Å²) < 4.78 is 0. The Bertz CT molecular complexity index is 129. The first-order valence-electron chi connectivity index (χ1n) is 4.11. The summed E-state index contributed by atoms with van der Waals surface area (Å²) in [5, 5.41) is 0. The lowest BCUT2D eigenvalue weighted by molar-refractivity contribution is 0.513. The highest BCUT2D eigenvalue weighted by Gasteiger charge is 2.14. The Morgan fingerprint density at radius 3 is 3.00 bits per heavy atom. The first kappa shape index (κ1) is 7.58. The number of nitrogens with zero attached hydrogens (tertiary/aromatic N) is 1. The maximum Gasteiger partial charge on any atom is 0.0940 e. The van der Waals surface area contributed by atoms with Crippen LogP contribution < -0.4 is 5.73 Å². The molecule has 0 aromatic carbocycles. The molecule has 0 radical (unpaired) electrons. The van der Waals surface area contributed by atoms with E-state index in [1.165, 1.54) is 19.3 Å². The number of hydrogen-bond acceptors (Lipinski definition) is 2. The van der Waals surface area contributed by atoms with E-state index in [0.29, 0.717) is 0 Å². The van der Waals surface area contributed by atoms with Crippen LogP contribution in [0.4, 0.5) is 0 Å². The molecule has 2 N–H and O–H groups in total. The van der Waals surface area contributed by atoms with Gasteiger partial charge in [-0.15, -0.1) is 0 Å². The average molecular weight is 140 g/mol. The van der Waals surface area contributed by atoms with Gasteiger partial charge >= 0.3 is 0 Å². The van der Waals surface area contributed by atoms with Crippen LogP contribution in [-0.4, -0.2) is 12.4 Å². The minimum Gasteiger partial charge on any atom is -0.387 e. The molecule has 1 unspecified atom stereocenters. The summed E-state index contributed by atoms with van der Waals surface area (Å²) in [6, 6.07) is 0. The molecule has 2 nitrogen and oxygen atoms in total. The van der Waals surface area contributed by atoms with E-state index < -0.39 is 0 Å². The van der Waals surface area contributed by atoms with Crippen molar-refractivity contribution in [2.24, 2.45) is 16.6 Å². The smallest absolute Gasteiger partial charge is 0.0940 e. The highest BCUT2D eigenvalue weighted by Crippen LogP contribution is 2.17. The van der Waals surface area contributed by atoms with Gasteiger partial charge in [-0.3, -0.25) is 4.99 Å². The first-order chi connectivity index (χ1) is 4.83. The second-order valence-electron chi connectivity index (χ2n) is 3.04. The Morgan fingerprint density at radius 1 is 1.70 bits per heavy atom. The van der Waals surface area contributed by atoms with Gasteiger partial charge in [0.05, 0.1) is 5.84 Å². The van der Waals surface area contributed by atoms with Crippen molar-refractivity contribution >= 4 is 5.84 Å². The number of aliphatic imine (C=N–C) groups is 1. The lowest BCUT2D eigenvalue weighted by Crippen LogP contribution is -2.09. The zero-order valence-corrected chi connectivity index (χ0v) is 6.64. The molecule has 1 aliphatic rings. The molecule has 58 valence electrons. The Kier molecular flexibility index (Phi) is 2.72. The quantitative estimate of drug-likeness (QED) is 0.634. The predicted molar refractivity (Wildman–Crippen MR) is 44.1 cm³/mol. The van der Waals surface area contributed by atoms with Gasteiger partial charge in [0.1, 0.15) is 0 Å². The second kappa shape index (κ2) is 3.59. The summed E-state index contributed by atoms with van der Waals surface area (Å²) in [5.74, 6) is 1.63. The summed E-state index contributed by atoms with van der Waals surface area (Å²) in [5.41, 5.74) is 5.55. The van der Waals surface area contributed by atoms with Crippen LogP contribution in [0.3, 0.4) is 0 Å². The van der Waals surface area contributed by atoms with E-state index in [0.717, 1.165) is 24.7 Å². The SMILES string of the molecule is CCCCC1CN=C(N)C1. The number of rotatable bonds is 3. The van der Waals surface area contributed by atoms with Crippen LogP contribution in [0.5, 0.6) is 0 Å². The highest BCUT2D eigenvalue weighted by molar-refractivity contribution is 5.82.